The fourth-order valence-electron chi connectivity index (χ4n) is 10.7. The van der Waals surface area contributed by atoms with Gasteiger partial charge in [0.1, 0.15) is 25.4 Å². The molecule has 4 N–H and O–H groups in total. The first-order valence-corrected chi connectivity index (χ1v) is 44.4. The zero-order valence-corrected chi connectivity index (χ0v) is 68.5. The van der Waals surface area contributed by atoms with E-state index in [2.05, 4.69) is 191 Å². The predicted molar refractivity (Wildman–Crippen MR) is 445 cm³/mol. The maximum absolute atomic E-state index is 13.0. The van der Waals surface area contributed by atoms with Crippen LogP contribution in [-0.2, 0) is 55.8 Å². The van der Waals surface area contributed by atoms with Gasteiger partial charge in [-0.2, -0.15) is 0 Å². The molecule has 5 atom stereocenters. The van der Waals surface area contributed by atoms with E-state index in [1.807, 2.05) is 0 Å². The molecular weight excluding hydrogens is 1390 g/mol. The van der Waals surface area contributed by atoms with Crippen molar-refractivity contribution in [2.75, 3.05) is 39.6 Å². The Balaban J connectivity index is 4.72. The lowest BCUT2D eigenvalue weighted by atomic mass is 10.1. The first-order chi connectivity index (χ1) is 52.2. The lowest BCUT2D eigenvalue weighted by molar-refractivity contribution is -0.161. The summed E-state index contributed by atoms with van der Waals surface area (Å²) in [5, 5.41) is 20.7. The molecule has 0 saturated carbocycles. The number of phosphoric acid groups is 2. The summed E-state index contributed by atoms with van der Waals surface area (Å²) < 4.78 is 61.3. The Hall–Kier alpha value is -5.09. The molecular formula is C89H148O16P2. The first kappa shape index (κ1) is 102. The molecule has 0 saturated heterocycles. The van der Waals surface area contributed by atoms with Gasteiger partial charge in [0.25, 0.3) is 0 Å². The SMILES string of the molecule is CC/C=C\C/C=C\C/C=C\C/C=C\C/C=C\CCCCCCCCCCCC(=O)OCC(O)COP(=O)(O)OCC(O)COP(=O)(O)OCC(COC(=O)CCCCCCCCCCC/C=C\C/C=C\C/C=C\C/C=C\CCCCC)OC(=O)CCCCCCC/C=C\C/C=C\C/C=C\C/C=C\C/C=C\CC. The van der Waals surface area contributed by atoms with Crippen LogP contribution >= 0.6 is 15.6 Å². The number of unbranched alkanes of at least 4 members (excludes halogenated alkanes) is 26. The van der Waals surface area contributed by atoms with Crippen LogP contribution in [0.3, 0.4) is 0 Å². The molecule has 0 aromatic heterocycles. The van der Waals surface area contributed by atoms with E-state index >= 15 is 0 Å². The van der Waals surface area contributed by atoms with Gasteiger partial charge < -0.3 is 34.2 Å². The minimum absolute atomic E-state index is 0.0751. The Labute approximate surface area is 650 Å². The van der Waals surface area contributed by atoms with Crippen LogP contribution in [0.4, 0.5) is 0 Å². The van der Waals surface area contributed by atoms with Crippen molar-refractivity contribution >= 4 is 33.6 Å². The van der Waals surface area contributed by atoms with E-state index in [1.54, 1.807) is 0 Å². The van der Waals surface area contributed by atoms with E-state index < -0.39 is 91.5 Å². The van der Waals surface area contributed by atoms with Crippen LogP contribution in [-0.4, -0.2) is 95.9 Å². The first-order valence-electron chi connectivity index (χ1n) is 41.4. The number of aliphatic hydroxyl groups excluding tert-OH is 2. The van der Waals surface area contributed by atoms with E-state index in [0.717, 1.165) is 180 Å². The minimum atomic E-state index is -4.95. The highest BCUT2D eigenvalue weighted by Gasteiger charge is 2.29. The molecule has 0 rings (SSSR count). The van der Waals surface area contributed by atoms with Gasteiger partial charge in [-0.1, -0.05) is 313 Å². The number of carbonyl (C=O) groups excluding carboxylic acids is 3. The quantitative estimate of drug-likeness (QED) is 0.0146. The maximum atomic E-state index is 13.0. The molecule has 0 radical (unpaired) electrons. The summed E-state index contributed by atoms with van der Waals surface area (Å²) >= 11 is 0. The van der Waals surface area contributed by atoms with Gasteiger partial charge in [0.15, 0.2) is 6.10 Å². The van der Waals surface area contributed by atoms with Gasteiger partial charge in [-0.05, 0) is 154 Å². The number of esters is 3. The zero-order valence-electron chi connectivity index (χ0n) is 66.7. The van der Waals surface area contributed by atoms with Crippen LogP contribution in [0.5, 0.6) is 0 Å². The summed E-state index contributed by atoms with van der Waals surface area (Å²) in [5.74, 6) is -1.61. The largest absolute Gasteiger partial charge is 0.472 e. The minimum Gasteiger partial charge on any atom is -0.463 e. The fraction of sp³-hybridized carbons (Fsp3) is 0.652. The molecule has 0 fully saturated rings. The molecule has 16 nitrogen and oxygen atoms in total. The van der Waals surface area contributed by atoms with E-state index in [9.17, 15) is 43.5 Å². The molecule has 0 heterocycles. The van der Waals surface area contributed by atoms with E-state index in [-0.39, 0.29) is 19.3 Å². The van der Waals surface area contributed by atoms with Crippen LogP contribution in [0, 0.1) is 0 Å². The van der Waals surface area contributed by atoms with Crippen LogP contribution in [0.15, 0.2) is 170 Å². The van der Waals surface area contributed by atoms with Gasteiger partial charge in [-0.25, -0.2) is 9.13 Å². The third kappa shape index (κ3) is 81.7. The third-order valence-electron chi connectivity index (χ3n) is 16.9. The normalized spacial score (nSPS) is 14.8. The Morgan fingerprint density at radius 2 is 0.495 bits per heavy atom. The lowest BCUT2D eigenvalue weighted by Gasteiger charge is -2.21. The van der Waals surface area contributed by atoms with Crippen LogP contribution < -0.4 is 0 Å². The van der Waals surface area contributed by atoms with Gasteiger partial charge in [0.05, 0.1) is 26.4 Å². The summed E-state index contributed by atoms with van der Waals surface area (Å²) in [6.07, 6.45) is 102. The Morgan fingerprint density at radius 3 is 0.785 bits per heavy atom. The van der Waals surface area contributed by atoms with Crippen LogP contribution in [0.2, 0.25) is 0 Å². The number of rotatable bonds is 77. The van der Waals surface area contributed by atoms with Gasteiger partial charge in [-0.15, -0.1) is 0 Å². The molecule has 0 spiro atoms. The molecule has 0 aromatic rings. The summed E-state index contributed by atoms with van der Waals surface area (Å²) in [4.78, 5) is 58.8. The van der Waals surface area contributed by atoms with Gasteiger partial charge in [-0.3, -0.25) is 32.5 Å². The smallest absolute Gasteiger partial charge is 0.463 e. The lowest BCUT2D eigenvalue weighted by Crippen LogP contribution is -2.30. The number of aliphatic hydroxyl groups is 2. The molecule has 0 aliphatic heterocycles. The highest BCUT2D eigenvalue weighted by atomic mass is 31.2. The number of allylic oxidation sites excluding steroid dienone is 28. The number of hydrogen-bond donors (Lipinski definition) is 4. The van der Waals surface area contributed by atoms with Crippen molar-refractivity contribution in [2.24, 2.45) is 0 Å². The van der Waals surface area contributed by atoms with Crippen molar-refractivity contribution in [2.45, 2.75) is 334 Å². The van der Waals surface area contributed by atoms with E-state index in [0.29, 0.717) is 19.3 Å². The van der Waals surface area contributed by atoms with Gasteiger partial charge >= 0.3 is 33.6 Å². The second-order valence-electron chi connectivity index (χ2n) is 27.2. The molecule has 610 valence electrons. The number of phosphoric ester groups is 2. The molecule has 18 heteroatoms. The second-order valence-corrected chi connectivity index (χ2v) is 30.1. The summed E-state index contributed by atoms with van der Waals surface area (Å²) in [6.45, 7) is 2.40. The molecule has 0 bridgehead atoms. The molecule has 0 aliphatic carbocycles. The van der Waals surface area contributed by atoms with Crippen LogP contribution in [0.1, 0.15) is 316 Å². The monoisotopic (exact) mass is 1540 g/mol. The summed E-state index contributed by atoms with van der Waals surface area (Å²) in [6, 6.07) is 0. The van der Waals surface area contributed by atoms with Gasteiger partial charge in [0, 0.05) is 19.3 Å². The number of ether oxygens (including phenoxy) is 3. The van der Waals surface area contributed by atoms with Crippen molar-refractivity contribution in [3.8, 4) is 0 Å². The molecule has 0 aromatic carbocycles. The fourth-order valence-corrected chi connectivity index (χ4v) is 12.3. The predicted octanol–water partition coefficient (Wildman–Crippen LogP) is 24.8. The highest BCUT2D eigenvalue weighted by Crippen LogP contribution is 2.45. The number of hydrogen-bond acceptors (Lipinski definition) is 14. The Morgan fingerprint density at radius 1 is 0.271 bits per heavy atom. The average molecular weight is 1540 g/mol. The maximum Gasteiger partial charge on any atom is 0.472 e. The van der Waals surface area contributed by atoms with Crippen molar-refractivity contribution < 1.29 is 75.8 Å². The Kier molecular flexibility index (Phi) is 76.6. The molecule has 107 heavy (non-hydrogen) atoms. The van der Waals surface area contributed by atoms with Crippen molar-refractivity contribution in [3.63, 3.8) is 0 Å². The highest BCUT2D eigenvalue weighted by molar-refractivity contribution is 7.47. The summed E-state index contributed by atoms with van der Waals surface area (Å²) in [7, 11) is -9.82. The molecule has 5 unspecified atom stereocenters. The zero-order chi connectivity index (χ0) is 78.0. The topological polar surface area (TPSA) is 231 Å². The average Bonchev–Trinajstić information content (AvgIpc) is 0.904. The van der Waals surface area contributed by atoms with Crippen molar-refractivity contribution in [3.05, 3.63) is 170 Å². The van der Waals surface area contributed by atoms with E-state index in [4.69, 9.17) is 32.3 Å². The number of carbonyl (C=O) groups is 3. The Bertz CT molecular complexity index is 2620. The van der Waals surface area contributed by atoms with Crippen LogP contribution in [0.25, 0.3) is 0 Å². The van der Waals surface area contributed by atoms with Gasteiger partial charge in [0.2, 0.25) is 0 Å². The van der Waals surface area contributed by atoms with E-state index in [1.165, 1.54) is 77.0 Å². The molecule has 0 aliphatic rings. The third-order valence-corrected chi connectivity index (χ3v) is 18.8. The second kappa shape index (κ2) is 80.4. The van der Waals surface area contributed by atoms with Crippen molar-refractivity contribution in [1.29, 1.82) is 0 Å². The van der Waals surface area contributed by atoms with Crippen molar-refractivity contribution in [1.82, 2.24) is 0 Å². The molecule has 0 amide bonds. The standard InChI is InChI=1S/C89H148O16P2/c1-4-7-10-13-16-19-22-25-28-31-34-37-39-41-43-46-48-51-54-57-60-63-66-69-72-75-87(92)99-78-84(90)79-101-106(95,96)102-80-85(91)81-103-107(97,98)104-83-86(105-89(94)77-74-71-68-65-62-59-56-53-50-45-36-33-30-27-24-21-18-15-12-9-6-3)82-100-88(93)76-73-70-67-64-61-58-55-52-49-47-44-42-40-38-35-32-29-26-23-20-17-14-11-8-5-2/h7,9-10,12,16-21,25-30,34-38,41-45,53,56,84-86,90-91H,4-6,8,11,13-15,22-24,31-33,39-40,46-52,54-55,57-83H2,1-3H3,(H,95,96)(H,97,98)/b10-7-,12-9-,19-16-,20-17-,21-18-,28-25-,29-26-,30-27-,37-34-,38-35-,43-41-,44-42-,45-36-,56-53-. The summed E-state index contributed by atoms with van der Waals surface area (Å²) in [5.41, 5.74) is 0.